The Balaban J connectivity index is 1.54. The van der Waals surface area contributed by atoms with Crippen molar-refractivity contribution in [3.05, 3.63) is 0 Å². The normalized spacial score (nSPS) is 49.8. The summed E-state index contributed by atoms with van der Waals surface area (Å²) in [4.78, 5) is 0. The molecule has 0 heterocycles. The van der Waals surface area contributed by atoms with Crippen LogP contribution in [-0.2, 0) is 0 Å². The lowest BCUT2D eigenvalue weighted by molar-refractivity contribution is -0.229. The maximum absolute atomic E-state index is 13.5. The number of aliphatic hydroxyl groups is 2. The second kappa shape index (κ2) is 7.54. The Morgan fingerprint density at radius 2 is 1.52 bits per heavy atom. The minimum absolute atomic E-state index is 0.0778. The van der Waals surface area contributed by atoms with E-state index in [9.17, 15) is 32.2 Å². The number of aliphatic hydroxyl groups excluding tert-OH is 1. The summed E-state index contributed by atoms with van der Waals surface area (Å²) in [6.07, 6.45) is -3.67. The van der Waals surface area contributed by atoms with Crippen molar-refractivity contribution in [2.24, 2.45) is 46.3 Å². The summed E-state index contributed by atoms with van der Waals surface area (Å²) >= 11 is 0. The van der Waals surface area contributed by atoms with Gasteiger partial charge in [0.25, 0.3) is 6.43 Å². The van der Waals surface area contributed by atoms with Crippen molar-refractivity contribution in [3.63, 3.8) is 0 Å². The van der Waals surface area contributed by atoms with E-state index >= 15 is 0 Å². The average molecular weight is 453 g/mol. The molecule has 4 aliphatic carbocycles. The van der Waals surface area contributed by atoms with E-state index in [1.807, 2.05) is 0 Å². The number of fused-ring (bicyclic) bond motifs is 5. The van der Waals surface area contributed by atoms with Gasteiger partial charge in [0, 0.05) is 0 Å². The van der Waals surface area contributed by atoms with Crippen LogP contribution in [-0.4, -0.2) is 34.5 Å². The van der Waals surface area contributed by atoms with Crippen LogP contribution in [0.2, 0.25) is 0 Å². The number of hydrogen-bond acceptors (Lipinski definition) is 2. The van der Waals surface area contributed by atoms with Crippen molar-refractivity contribution in [1.82, 2.24) is 0 Å². The van der Waals surface area contributed by atoms with Gasteiger partial charge in [0.05, 0.1) is 0 Å². The first-order valence-corrected chi connectivity index (χ1v) is 12.0. The second-order valence-corrected chi connectivity index (χ2v) is 11.8. The molecule has 2 nitrogen and oxygen atoms in total. The highest BCUT2D eigenvalue weighted by Crippen LogP contribution is 2.69. The smallest absolute Gasteiger partial charge is 0.384 e. The molecule has 4 fully saturated rings. The highest BCUT2D eigenvalue weighted by Gasteiger charge is 2.63. The van der Waals surface area contributed by atoms with Crippen LogP contribution >= 0.6 is 0 Å². The van der Waals surface area contributed by atoms with E-state index in [1.165, 1.54) is 0 Å². The highest BCUT2D eigenvalue weighted by atomic mass is 19.4. The first kappa shape index (κ1) is 23.7. The molecule has 0 aromatic rings. The van der Waals surface area contributed by atoms with Crippen LogP contribution in [0.4, 0.5) is 22.0 Å². The summed E-state index contributed by atoms with van der Waals surface area (Å²) in [5.74, 6) is 0.207. The lowest BCUT2D eigenvalue weighted by Crippen LogP contribution is -2.57. The van der Waals surface area contributed by atoms with Crippen LogP contribution in [0.25, 0.3) is 0 Å². The molecule has 4 aliphatic rings. The topological polar surface area (TPSA) is 40.5 Å². The van der Waals surface area contributed by atoms with Crippen molar-refractivity contribution < 1.29 is 32.2 Å². The zero-order chi connectivity index (χ0) is 23.0. The van der Waals surface area contributed by atoms with E-state index in [4.69, 9.17) is 0 Å². The van der Waals surface area contributed by atoms with Gasteiger partial charge in [-0.2, -0.15) is 13.2 Å². The molecular weight excluding hydrogens is 415 g/mol. The average Bonchev–Trinajstić information content (AvgIpc) is 3.04. The van der Waals surface area contributed by atoms with E-state index in [0.717, 1.165) is 32.1 Å². The van der Waals surface area contributed by atoms with Gasteiger partial charge in [-0.3, -0.25) is 0 Å². The van der Waals surface area contributed by atoms with E-state index < -0.39 is 30.2 Å². The minimum Gasteiger partial charge on any atom is -0.384 e. The lowest BCUT2D eigenvalue weighted by Gasteiger charge is -2.62. The molecule has 0 aromatic heterocycles. The summed E-state index contributed by atoms with van der Waals surface area (Å²) in [7, 11) is 0. The molecule has 0 amide bonds. The first-order chi connectivity index (χ1) is 14.2. The van der Waals surface area contributed by atoms with Gasteiger partial charge in [-0.15, -0.1) is 0 Å². The van der Waals surface area contributed by atoms with Gasteiger partial charge >= 0.3 is 6.18 Å². The zero-order valence-electron chi connectivity index (χ0n) is 18.8. The molecule has 0 saturated heterocycles. The van der Waals surface area contributed by atoms with Crippen LogP contribution < -0.4 is 0 Å². The van der Waals surface area contributed by atoms with Gasteiger partial charge in [0.1, 0.15) is 5.60 Å². The molecule has 4 saturated carbocycles. The summed E-state index contributed by atoms with van der Waals surface area (Å²) < 4.78 is 66.5. The summed E-state index contributed by atoms with van der Waals surface area (Å²) in [5.41, 5.74) is -2.17. The quantitative estimate of drug-likeness (QED) is 0.501. The van der Waals surface area contributed by atoms with Gasteiger partial charge in [-0.25, -0.2) is 8.78 Å². The van der Waals surface area contributed by atoms with Crippen molar-refractivity contribution in [1.29, 1.82) is 0 Å². The predicted octanol–water partition coefficient (Wildman–Crippen LogP) is 6.20. The standard InChI is InChI=1S/C24H37F5O2/c1-13(19(30)24(27,28)29)16-6-7-17-15-5-4-14-12-23(31,20(25)26)11-10-21(14,2)18(15)8-9-22(16,17)3/h13-20,30-31H,4-12H2,1-3H3/t13-,14+,15-,16+,17-,18-,19-,21-,22-,23+/m0/s1. The molecule has 0 unspecified atom stereocenters. The first-order valence-electron chi connectivity index (χ1n) is 12.0. The second-order valence-electron chi connectivity index (χ2n) is 11.8. The van der Waals surface area contributed by atoms with Crippen molar-refractivity contribution in [2.75, 3.05) is 0 Å². The molecule has 10 atom stereocenters. The Bertz CT molecular complexity index is 683. The van der Waals surface area contributed by atoms with E-state index in [1.54, 1.807) is 6.92 Å². The fourth-order valence-corrected chi connectivity index (χ4v) is 8.89. The maximum atomic E-state index is 13.5. The van der Waals surface area contributed by atoms with E-state index in [0.29, 0.717) is 30.6 Å². The predicted molar refractivity (Wildman–Crippen MR) is 107 cm³/mol. The molecule has 0 radical (unpaired) electrons. The van der Waals surface area contributed by atoms with Gasteiger partial charge in [-0.05, 0) is 104 Å². The summed E-state index contributed by atoms with van der Waals surface area (Å²) in [5, 5.41) is 20.4. The number of alkyl halides is 5. The largest absolute Gasteiger partial charge is 0.414 e. The molecule has 2 N–H and O–H groups in total. The third-order valence-electron chi connectivity index (χ3n) is 10.7. The molecule has 4 rings (SSSR count). The SMILES string of the molecule is C[C@@H]([C@H]1CC[C@H]2[C@@H]3CC[C@@H]4C[C@@](O)(C(F)F)CC[C@]4(C)[C@H]3CC[C@@]12C)[C@H](O)C(F)(F)F. The Hall–Kier alpha value is -0.430. The van der Waals surface area contributed by atoms with Crippen LogP contribution in [0, 0.1) is 46.3 Å². The Kier molecular flexibility index (Phi) is 5.77. The van der Waals surface area contributed by atoms with Crippen molar-refractivity contribution in [3.8, 4) is 0 Å². The Morgan fingerprint density at radius 1 is 0.871 bits per heavy atom. The zero-order valence-corrected chi connectivity index (χ0v) is 18.8. The fraction of sp³-hybridized carbons (Fsp3) is 1.00. The molecule has 0 aliphatic heterocycles. The third kappa shape index (κ3) is 3.55. The van der Waals surface area contributed by atoms with Crippen LogP contribution in [0.15, 0.2) is 0 Å². The number of rotatable bonds is 3. The molecular formula is C24H37F5O2. The maximum Gasteiger partial charge on any atom is 0.414 e. The van der Waals surface area contributed by atoms with E-state index in [2.05, 4.69) is 13.8 Å². The molecule has 7 heteroatoms. The number of hydrogen-bond donors (Lipinski definition) is 2. The lowest BCUT2D eigenvalue weighted by atomic mass is 9.43. The molecule has 0 spiro atoms. The highest BCUT2D eigenvalue weighted by molar-refractivity contribution is 5.11. The molecule has 180 valence electrons. The van der Waals surface area contributed by atoms with Crippen molar-refractivity contribution in [2.45, 2.75) is 103 Å². The van der Waals surface area contributed by atoms with Gasteiger partial charge in [0.15, 0.2) is 6.10 Å². The van der Waals surface area contributed by atoms with Crippen LogP contribution in [0.1, 0.15) is 78.6 Å². The summed E-state index contributed by atoms with van der Waals surface area (Å²) in [6.45, 7) is 5.90. The van der Waals surface area contributed by atoms with Crippen molar-refractivity contribution >= 4 is 0 Å². The van der Waals surface area contributed by atoms with Gasteiger partial charge in [0.2, 0.25) is 0 Å². The monoisotopic (exact) mass is 452 g/mol. The van der Waals surface area contributed by atoms with Gasteiger partial charge < -0.3 is 10.2 Å². The summed E-state index contributed by atoms with van der Waals surface area (Å²) in [6, 6.07) is 0. The van der Waals surface area contributed by atoms with Crippen LogP contribution in [0.5, 0.6) is 0 Å². The Labute approximate surface area is 182 Å². The van der Waals surface area contributed by atoms with Crippen LogP contribution in [0.3, 0.4) is 0 Å². The fourth-order valence-electron chi connectivity index (χ4n) is 8.89. The van der Waals surface area contributed by atoms with E-state index in [-0.39, 0.29) is 35.5 Å². The van der Waals surface area contributed by atoms with Gasteiger partial charge in [-0.1, -0.05) is 20.8 Å². The Morgan fingerprint density at radius 3 is 2.13 bits per heavy atom. The molecule has 31 heavy (non-hydrogen) atoms. The molecule has 0 bridgehead atoms. The number of halogens is 5. The third-order valence-corrected chi connectivity index (χ3v) is 10.7. The molecule has 0 aromatic carbocycles. The minimum atomic E-state index is -4.60.